The Morgan fingerprint density at radius 2 is 1.88 bits per heavy atom. The molecule has 0 saturated heterocycles. The molecule has 0 heterocycles. The molecule has 0 aromatic carbocycles. The SMILES string of the molecule is CC/C=C\C/C=C\CCC(=O)C#CC#CCCC(=O)OC[C@H](O)CO. The van der Waals surface area contributed by atoms with Crippen molar-refractivity contribution in [3.8, 4) is 23.7 Å². The van der Waals surface area contributed by atoms with Crippen LogP contribution in [0.1, 0.15) is 45.4 Å². The van der Waals surface area contributed by atoms with Crippen LogP contribution < -0.4 is 0 Å². The largest absolute Gasteiger partial charge is 0.463 e. The van der Waals surface area contributed by atoms with Crippen LogP contribution in [0, 0.1) is 23.7 Å². The van der Waals surface area contributed by atoms with Gasteiger partial charge in [0.15, 0.2) is 0 Å². The molecule has 0 spiro atoms. The van der Waals surface area contributed by atoms with Gasteiger partial charge in [-0.05, 0) is 37.0 Å². The molecule has 0 rings (SSSR count). The summed E-state index contributed by atoms with van der Waals surface area (Å²) in [5.41, 5.74) is 0. The summed E-state index contributed by atoms with van der Waals surface area (Å²) in [5.74, 6) is 9.41. The van der Waals surface area contributed by atoms with Crippen molar-refractivity contribution in [2.75, 3.05) is 13.2 Å². The first kappa shape index (κ1) is 22.7. The van der Waals surface area contributed by atoms with Crippen molar-refractivity contribution >= 4 is 11.8 Å². The van der Waals surface area contributed by atoms with E-state index in [9.17, 15) is 9.59 Å². The van der Waals surface area contributed by atoms with Crippen LogP contribution in [0.25, 0.3) is 0 Å². The van der Waals surface area contributed by atoms with Crippen molar-refractivity contribution in [1.82, 2.24) is 0 Å². The standard InChI is InChI=1S/C20H26O5/c1-2-3-4-5-6-7-10-13-18(22)14-11-8-9-12-15-20(24)25-17-19(23)16-21/h3-4,6-7,19,21,23H,2,5,10,12-13,15-17H2,1H3/b4-3-,7-6-/t19-/m1/s1. The first-order valence-corrected chi connectivity index (χ1v) is 8.36. The van der Waals surface area contributed by atoms with Crippen molar-refractivity contribution in [2.45, 2.75) is 51.6 Å². The average Bonchev–Trinajstić information content (AvgIpc) is 2.61. The summed E-state index contributed by atoms with van der Waals surface area (Å²) >= 11 is 0. The lowest BCUT2D eigenvalue weighted by molar-refractivity contribution is -0.147. The number of aliphatic hydroxyl groups excluding tert-OH is 2. The molecule has 5 heteroatoms. The minimum atomic E-state index is -1.06. The summed E-state index contributed by atoms with van der Waals surface area (Å²) in [6.45, 7) is 1.39. The normalized spacial score (nSPS) is 11.5. The van der Waals surface area contributed by atoms with E-state index in [1.807, 2.05) is 12.2 Å². The molecule has 0 radical (unpaired) electrons. The zero-order chi connectivity index (χ0) is 18.8. The van der Waals surface area contributed by atoms with Gasteiger partial charge in [-0.1, -0.05) is 37.1 Å². The van der Waals surface area contributed by atoms with Crippen molar-refractivity contribution in [3.63, 3.8) is 0 Å². The van der Waals surface area contributed by atoms with Gasteiger partial charge in [0.05, 0.1) is 13.0 Å². The Balaban J connectivity index is 3.84. The molecule has 25 heavy (non-hydrogen) atoms. The second-order valence-corrected chi connectivity index (χ2v) is 5.12. The number of ketones is 1. The highest BCUT2D eigenvalue weighted by Gasteiger charge is 2.06. The van der Waals surface area contributed by atoms with Crippen molar-refractivity contribution < 1.29 is 24.5 Å². The highest BCUT2D eigenvalue weighted by atomic mass is 16.5. The van der Waals surface area contributed by atoms with E-state index in [0.717, 1.165) is 12.8 Å². The Hall–Kier alpha value is -2.34. The van der Waals surface area contributed by atoms with Gasteiger partial charge < -0.3 is 14.9 Å². The third-order valence-corrected chi connectivity index (χ3v) is 2.83. The highest BCUT2D eigenvalue weighted by Crippen LogP contribution is 1.96. The smallest absolute Gasteiger partial charge is 0.306 e. The molecular formula is C20H26O5. The summed E-state index contributed by atoms with van der Waals surface area (Å²) in [4.78, 5) is 22.7. The molecule has 0 fully saturated rings. The molecule has 0 aliphatic heterocycles. The fourth-order valence-electron chi connectivity index (χ4n) is 1.52. The Labute approximate surface area is 149 Å². The van der Waals surface area contributed by atoms with Crippen molar-refractivity contribution in [2.24, 2.45) is 0 Å². The molecule has 136 valence electrons. The predicted octanol–water partition coefficient (Wildman–Crippen LogP) is 1.93. The monoisotopic (exact) mass is 346 g/mol. The lowest BCUT2D eigenvalue weighted by atomic mass is 10.2. The van der Waals surface area contributed by atoms with Gasteiger partial charge in [0.1, 0.15) is 12.7 Å². The van der Waals surface area contributed by atoms with Gasteiger partial charge in [0, 0.05) is 12.8 Å². The van der Waals surface area contributed by atoms with Crippen LogP contribution in [0.4, 0.5) is 0 Å². The topological polar surface area (TPSA) is 83.8 Å². The van der Waals surface area contributed by atoms with Crippen LogP contribution in [0.5, 0.6) is 0 Å². The number of Topliss-reactive ketones (excluding diaryl/α,β-unsaturated/α-hetero) is 1. The lowest BCUT2D eigenvalue weighted by Gasteiger charge is -2.07. The summed E-state index contributed by atoms with van der Waals surface area (Å²) in [5, 5.41) is 17.6. The molecule has 0 amide bonds. The zero-order valence-electron chi connectivity index (χ0n) is 14.7. The van der Waals surface area contributed by atoms with E-state index in [-0.39, 0.29) is 25.2 Å². The second kappa shape index (κ2) is 16.5. The third kappa shape index (κ3) is 16.3. The van der Waals surface area contributed by atoms with E-state index in [2.05, 4.69) is 42.8 Å². The first-order chi connectivity index (χ1) is 12.1. The number of allylic oxidation sites excluding steroid dienone is 4. The summed E-state index contributed by atoms with van der Waals surface area (Å²) in [6.07, 6.45) is 10.3. The molecule has 0 saturated carbocycles. The van der Waals surface area contributed by atoms with Gasteiger partial charge in [-0.2, -0.15) is 0 Å². The predicted molar refractivity (Wildman–Crippen MR) is 96.3 cm³/mol. The molecule has 0 aliphatic carbocycles. The van der Waals surface area contributed by atoms with Crippen LogP contribution in [0.15, 0.2) is 24.3 Å². The molecule has 1 atom stereocenters. The Bertz CT molecular complexity index is 566. The number of hydrogen-bond donors (Lipinski definition) is 2. The molecule has 0 bridgehead atoms. The zero-order valence-corrected chi connectivity index (χ0v) is 14.7. The fraction of sp³-hybridized carbons (Fsp3) is 0.500. The molecule has 0 aromatic rings. The number of rotatable bonds is 11. The molecule has 0 unspecified atom stereocenters. The van der Waals surface area contributed by atoms with E-state index in [1.165, 1.54) is 0 Å². The van der Waals surface area contributed by atoms with Gasteiger partial charge in [-0.15, -0.1) is 0 Å². The van der Waals surface area contributed by atoms with E-state index in [1.54, 1.807) is 0 Å². The van der Waals surface area contributed by atoms with Crippen LogP contribution >= 0.6 is 0 Å². The lowest BCUT2D eigenvalue weighted by Crippen LogP contribution is -2.21. The van der Waals surface area contributed by atoms with Gasteiger partial charge in [-0.3, -0.25) is 9.59 Å². The molecule has 2 N–H and O–H groups in total. The third-order valence-electron chi connectivity index (χ3n) is 2.83. The number of ether oxygens (including phenoxy) is 1. The van der Waals surface area contributed by atoms with E-state index in [0.29, 0.717) is 12.8 Å². The number of carbonyl (C=O) groups is 2. The molecule has 0 aliphatic rings. The summed E-state index contributed by atoms with van der Waals surface area (Å²) in [6, 6.07) is 0. The number of aliphatic hydroxyl groups is 2. The number of hydrogen-bond acceptors (Lipinski definition) is 5. The molecule has 5 nitrogen and oxygen atoms in total. The van der Waals surface area contributed by atoms with Gasteiger partial charge >= 0.3 is 5.97 Å². The molecule has 0 aromatic heterocycles. The maximum Gasteiger partial charge on any atom is 0.306 e. The number of esters is 1. The summed E-state index contributed by atoms with van der Waals surface area (Å²) in [7, 11) is 0. The van der Waals surface area contributed by atoms with Gasteiger partial charge in [0.25, 0.3) is 0 Å². The fourth-order valence-corrected chi connectivity index (χ4v) is 1.52. The van der Waals surface area contributed by atoms with Crippen LogP contribution in [-0.2, 0) is 14.3 Å². The average molecular weight is 346 g/mol. The van der Waals surface area contributed by atoms with Crippen LogP contribution in [0.3, 0.4) is 0 Å². The Morgan fingerprint density at radius 1 is 1.12 bits per heavy atom. The highest BCUT2D eigenvalue weighted by molar-refractivity contribution is 5.96. The van der Waals surface area contributed by atoms with Crippen LogP contribution in [-0.4, -0.2) is 41.3 Å². The van der Waals surface area contributed by atoms with Gasteiger partial charge in [0.2, 0.25) is 5.78 Å². The minimum Gasteiger partial charge on any atom is -0.463 e. The maximum atomic E-state index is 11.5. The van der Waals surface area contributed by atoms with Crippen molar-refractivity contribution in [3.05, 3.63) is 24.3 Å². The number of carbonyl (C=O) groups excluding carboxylic acids is 2. The van der Waals surface area contributed by atoms with Gasteiger partial charge in [-0.25, -0.2) is 0 Å². The van der Waals surface area contributed by atoms with E-state index in [4.69, 9.17) is 14.9 Å². The van der Waals surface area contributed by atoms with E-state index < -0.39 is 18.7 Å². The first-order valence-electron chi connectivity index (χ1n) is 8.36. The quantitative estimate of drug-likeness (QED) is 0.258. The second-order valence-electron chi connectivity index (χ2n) is 5.12. The maximum absolute atomic E-state index is 11.5. The molecular weight excluding hydrogens is 320 g/mol. The van der Waals surface area contributed by atoms with E-state index >= 15 is 0 Å². The van der Waals surface area contributed by atoms with Crippen molar-refractivity contribution in [1.29, 1.82) is 0 Å². The van der Waals surface area contributed by atoms with Crippen LogP contribution in [0.2, 0.25) is 0 Å². The Morgan fingerprint density at radius 3 is 2.60 bits per heavy atom. The Kier molecular flexibility index (Phi) is 15.0. The minimum absolute atomic E-state index is 0.0675. The summed E-state index contributed by atoms with van der Waals surface area (Å²) < 4.78 is 4.71.